The largest absolute Gasteiger partial charge is 0.357 e. The van der Waals surface area contributed by atoms with Crippen molar-refractivity contribution in [3.8, 4) is 6.07 Å². The van der Waals surface area contributed by atoms with Crippen LogP contribution < -0.4 is 10.6 Å². The second-order valence-electron chi connectivity index (χ2n) is 7.57. The van der Waals surface area contributed by atoms with Gasteiger partial charge in [-0.2, -0.15) is 5.26 Å². The van der Waals surface area contributed by atoms with Gasteiger partial charge >= 0.3 is 0 Å². The zero-order valence-electron chi connectivity index (χ0n) is 16.3. The fourth-order valence-corrected chi connectivity index (χ4v) is 6.87. The van der Waals surface area contributed by atoms with E-state index in [1.54, 1.807) is 11.3 Å². The molecule has 0 aromatic carbocycles. The van der Waals surface area contributed by atoms with E-state index in [4.69, 9.17) is 0 Å². The number of aryl methyl sites for hydroxylation is 1. The highest BCUT2D eigenvalue weighted by atomic mass is 32.2. The molecule has 9 heteroatoms. The van der Waals surface area contributed by atoms with Gasteiger partial charge in [0.15, 0.2) is 4.34 Å². The average Bonchev–Trinajstić information content (AvgIpc) is 3.23. The molecule has 0 bridgehead atoms. The number of aromatic nitrogens is 2. The van der Waals surface area contributed by atoms with Crippen LogP contribution >= 0.6 is 34.4 Å². The van der Waals surface area contributed by atoms with Crippen molar-refractivity contribution in [1.82, 2.24) is 10.2 Å². The van der Waals surface area contributed by atoms with Gasteiger partial charge in [0.2, 0.25) is 11.0 Å². The summed E-state index contributed by atoms with van der Waals surface area (Å²) in [4.78, 5) is 13.7. The summed E-state index contributed by atoms with van der Waals surface area (Å²) in [5.74, 6) is 0.172. The molecule has 2 aromatic rings. The second kappa shape index (κ2) is 9.92. The van der Waals surface area contributed by atoms with E-state index in [9.17, 15) is 10.1 Å². The summed E-state index contributed by atoms with van der Waals surface area (Å²) >= 11 is 4.48. The topological polar surface area (TPSA) is 90.7 Å². The molecule has 1 saturated carbocycles. The van der Waals surface area contributed by atoms with Crippen LogP contribution in [0.4, 0.5) is 10.1 Å². The Balaban J connectivity index is 1.31. The molecule has 0 atom stereocenters. The molecule has 1 amide bonds. The molecule has 29 heavy (non-hydrogen) atoms. The van der Waals surface area contributed by atoms with Crippen molar-refractivity contribution in [2.24, 2.45) is 0 Å². The third-order valence-electron chi connectivity index (χ3n) is 5.45. The molecule has 4 rings (SSSR count). The first-order valence-corrected chi connectivity index (χ1v) is 12.9. The van der Waals surface area contributed by atoms with E-state index in [-0.39, 0.29) is 11.7 Å². The molecule has 2 N–H and O–H groups in total. The zero-order chi connectivity index (χ0) is 20.1. The average molecular weight is 448 g/mol. The smallest absolute Gasteiger partial charge is 0.235 e. The van der Waals surface area contributed by atoms with E-state index in [0.29, 0.717) is 16.6 Å². The summed E-state index contributed by atoms with van der Waals surface area (Å²) in [7, 11) is 0. The Labute approximate surface area is 183 Å². The standard InChI is InChI=1S/C20H25N5OS3/c21-11-15-14-9-5-2-6-10-16(14)28-18(15)23-17(26)12-27-20-25-24-19(29-20)22-13-7-3-1-4-8-13/h13H,1-10,12H2,(H,22,24)(H,23,26). The van der Waals surface area contributed by atoms with Gasteiger partial charge < -0.3 is 10.6 Å². The molecule has 0 unspecified atom stereocenters. The van der Waals surface area contributed by atoms with Gasteiger partial charge in [-0.15, -0.1) is 21.5 Å². The Morgan fingerprint density at radius 3 is 2.72 bits per heavy atom. The molecule has 2 aromatic heterocycles. The predicted octanol–water partition coefficient (Wildman–Crippen LogP) is 5.22. The van der Waals surface area contributed by atoms with Crippen LogP contribution in [-0.4, -0.2) is 27.9 Å². The van der Waals surface area contributed by atoms with Crippen LogP contribution in [0.25, 0.3) is 0 Å². The van der Waals surface area contributed by atoms with Crippen LogP contribution in [0.15, 0.2) is 4.34 Å². The number of anilines is 2. The van der Waals surface area contributed by atoms with Gasteiger partial charge in [-0.1, -0.05) is 48.8 Å². The van der Waals surface area contributed by atoms with Crippen molar-refractivity contribution >= 4 is 50.5 Å². The summed E-state index contributed by atoms with van der Waals surface area (Å²) in [6.45, 7) is 0. The normalized spacial score (nSPS) is 17.2. The maximum absolute atomic E-state index is 12.5. The molecule has 2 heterocycles. The van der Waals surface area contributed by atoms with Gasteiger partial charge in [-0.3, -0.25) is 4.79 Å². The number of nitrogens with zero attached hydrogens (tertiary/aromatic N) is 3. The van der Waals surface area contributed by atoms with Gasteiger partial charge in [-0.05, 0) is 44.1 Å². The highest BCUT2D eigenvalue weighted by molar-refractivity contribution is 8.01. The van der Waals surface area contributed by atoms with Crippen LogP contribution in [0.2, 0.25) is 0 Å². The number of nitriles is 1. The van der Waals surface area contributed by atoms with E-state index in [1.165, 1.54) is 66.5 Å². The fourth-order valence-electron chi connectivity index (χ4n) is 3.99. The number of rotatable bonds is 6. The fraction of sp³-hybridized carbons (Fsp3) is 0.600. The van der Waals surface area contributed by atoms with Crippen molar-refractivity contribution < 1.29 is 4.79 Å². The summed E-state index contributed by atoms with van der Waals surface area (Å²) in [5.41, 5.74) is 1.82. The maximum atomic E-state index is 12.5. The lowest BCUT2D eigenvalue weighted by Gasteiger charge is -2.21. The number of amides is 1. The SMILES string of the molecule is N#Cc1c(NC(=O)CSc2nnc(NC3CCCCC3)s2)sc2c1CCCCC2. The van der Waals surface area contributed by atoms with Gasteiger partial charge in [0, 0.05) is 10.9 Å². The quantitative estimate of drug-likeness (QED) is 0.466. The molecule has 1 fully saturated rings. The summed E-state index contributed by atoms with van der Waals surface area (Å²) in [6, 6.07) is 2.81. The third-order valence-corrected chi connectivity index (χ3v) is 8.65. The molecular formula is C20H25N5OS3. The Morgan fingerprint density at radius 1 is 1.10 bits per heavy atom. The zero-order valence-corrected chi connectivity index (χ0v) is 18.8. The molecule has 0 saturated heterocycles. The number of fused-ring (bicyclic) bond motifs is 1. The number of hydrogen-bond donors (Lipinski definition) is 2. The lowest BCUT2D eigenvalue weighted by molar-refractivity contribution is -0.113. The predicted molar refractivity (Wildman–Crippen MR) is 120 cm³/mol. The third kappa shape index (κ3) is 5.30. The minimum Gasteiger partial charge on any atom is -0.357 e. The first kappa shape index (κ1) is 20.6. The molecule has 2 aliphatic carbocycles. The molecule has 0 radical (unpaired) electrons. The van der Waals surface area contributed by atoms with Gasteiger partial charge in [-0.25, -0.2) is 0 Å². The highest BCUT2D eigenvalue weighted by Crippen LogP contribution is 2.37. The first-order chi connectivity index (χ1) is 14.2. The monoisotopic (exact) mass is 447 g/mol. The number of hydrogen-bond acceptors (Lipinski definition) is 8. The molecule has 154 valence electrons. The number of thioether (sulfide) groups is 1. The van der Waals surface area contributed by atoms with Crippen molar-refractivity contribution in [3.05, 3.63) is 16.0 Å². The number of carbonyl (C=O) groups excluding carboxylic acids is 1. The van der Waals surface area contributed by atoms with Crippen molar-refractivity contribution in [1.29, 1.82) is 5.26 Å². The van der Waals surface area contributed by atoms with E-state index in [1.807, 2.05) is 0 Å². The number of thiophene rings is 1. The maximum Gasteiger partial charge on any atom is 0.235 e. The van der Waals surface area contributed by atoms with Crippen LogP contribution in [0, 0.1) is 11.3 Å². The van der Waals surface area contributed by atoms with Gasteiger partial charge in [0.1, 0.15) is 11.1 Å². The molecule has 0 aliphatic heterocycles. The van der Waals surface area contributed by atoms with Crippen LogP contribution in [0.5, 0.6) is 0 Å². The Kier molecular flexibility index (Phi) is 7.06. The van der Waals surface area contributed by atoms with Crippen molar-refractivity contribution in [3.63, 3.8) is 0 Å². The van der Waals surface area contributed by atoms with E-state index in [2.05, 4.69) is 26.9 Å². The Morgan fingerprint density at radius 2 is 1.90 bits per heavy atom. The van der Waals surface area contributed by atoms with Crippen LogP contribution in [0.1, 0.15) is 67.4 Å². The summed E-state index contributed by atoms with van der Waals surface area (Å²) in [6.07, 6.45) is 11.7. The van der Waals surface area contributed by atoms with Gasteiger partial charge in [0.05, 0.1) is 11.3 Å². The lowest BCUT2D eigenvalue weighted by atomic mass is 9.96. The number of nitrogens with one attached hydrogen (secondary N) is 2. The highest BCUT2D eigenvalue weighted by Gasteiger charge is 2.21. The van der Waals surface area contributed by atoms with Crippen LogP contribution in [-0.2, 0) is 17.6 Å². The minimum atomic E-state index is -0.0973. The van der Waals surface area contributed by atoms with Crippen molar-refractivity contribution in [2.45, 2.75) is 74.6 Å². The van der Waals surface area contributed by atoms with E-state index in [0.717, 1.165) is 40.7 Å². The van der Waals surface area contributed by atoms with E-state index < -0.39 is 0 Å². The van der Waals surface area contributed by atoms with Crippen LogP contribution in [0.3, 0.4) is 0 Å². The molecule has 2 aliphatic rings. The van der Waals surface area contributed by atoms with Gasteiger partial charge in [0.25, 0.3) is 0 Å². The van der Waals surface area contributed by atoms with E-state index >= 15 is 0 Å². The second-order valence-corrected chi connectivity index (χ2v) is 10.9. The Bertz CT molecular complexity index is 895. The summed E-state index contributed by atoms with van der Waals surface area (Å²) < 4.78 is 0.793. The first-order valence-electron chi connectivity index (χ1n) is 10.3. The van der Waals surface area contributed by atoms with Crippen molar-refractivity contribution in [2.75, 3.05) is 16.4 Å². The lowest BCUT2D eigenvalue weighted by Crippen LogP contribution is -2.21. The number of carbonyl (C=O) groups is 1. The molecule has 6 nitrogen and oxygen atoms in total. The Hall–Kier alpha value is -1.63. The molecular weight excluding hydrogens is 422 g/mol. The molecule has 0 spiro atoms. The summed E-state index contributed by atoms with van der Waals surface area (Å²) in [5, 5.41) is 26.0. The minimum absolute atomic E-state index is 0.0973.